The zero-order chi connectivity index (χ0) is 16.6. The van der Waals surface area contributed by atoms with Gasteiger partial charge in [-0.05, 0) is 42.6 Å². The lowest BCUT2D eigenvalue weighted by atomic mass is 9.98. The number of benzene rings is 2. The van der Waals surface area contributed by atoms with Gasteiger partial charge in [0.15, 0.2) is 0 Å². The Hall–Kier alpha value is -1.97. The number of fused-ring (bicyclic) bond motifs is 1. The lowest BCUT2D eigenvalue weighted by Crippen LogP contribution is -2.38. The molecule has 0 fully saturated rings. The number of rotatable bonds is 4. The van der Waals surface area contributed by atoms with Crippen molar-refractivity contribution in [3.63, 3.8) is 0 Å². The maximum atomic E-state index is 6.41. The second-order valence-electron chi connectivity index (χ2n) is 6.37. The molecule has 0 saturated carbocycles. The lowest BCUT2D eigenvalue weighted by molar-refractivity contribution is 0.131. The van der Waals surface area contributed by atoms with Crippen molar-refractivity contribution in [3.8, 4) is 16.2 Å². The third-order valence-electron chi connectivity index (χ3n) is 4.27. The molecule has 1 aliphatic heterocycles. The largest absolute Gasteiger partial charge is 0.484 e. The summed E-state index contributed by atoms with van der Waals surface area (Å²) in [6, 6.07) is 18.4. The van der Waals surface area contributed by atoms with Crippen LogP contribution in [0.1, 0.15) is 12.5 Å². The van der Waals surface area contributed by atoms with Crippen LogP contribution >= 0.6 is 22.9 Å². The van der Waals surface area contributed by atoms with Gasteiger partial charge in [0.25, 0.3) is 0 Å². The van der Waals surface area contributed by atoms with Crippen molar-refractivity contribution in [1.29, 1.82) is 0 Å². The summed E-state index contributed by atoms with van der Waals surface area (Å²) in [6.45, 7) is 2.89. The Morgan fingerprint density at radius 3 is 2.75 bits per heavy atom. The van der Waals surface area contributed by atoms with Gasteiger partial charge in [-0.2, -0.15) is 0 Å². The molecule has 1 aliphatic rings. The number of para-hydroxylation sites is 1. The number of thiophene rings is 1. The third-order valence-corrected chi connectivity index (χ3v) is 5.39. The smallest absolute Gasteiger partial charge is 0.132 e. The van der Waals surface area contributed by atoms with E-state index in [-0.39, 0.29) is 5.60 Å². The van der Waals surface area contributed by atoms with E-state index in [0.717, 1.165) is 35.0 Å². The Labute approximate surface area is 151 Å². The van der Waals surface area contributed by atoms with Crippen LogP contribution in [0, 0.1) is 0 Å². The summed E-state index contributed by atoms with van der Waals surface area (Å²) in [5.74, 6) is 0.971. The van der Waals surface area contributed by atoms with Crippen molar-refractivity contribution in [2.45, 2.75) is 18.9 Å². The Balaban J connectivity index is 1.60. The van der Waals surface area contributed by atoms with E-state index in [9.17, 15) is 0 Å². The van der Waals surface area contributed by atoms with Crippen molar-refractivity contribution in [2.75, 3.05) is 11.9 Å². The molecular weight excluding hydrogens is 338 g/mol. The summed E-state index contributed by atoms with van der Waals surface area (Å²) in [6.07, 6.45) is 0.848. The fourth-order valence-electron chi connectivity index (χ4n) is 3.15. The average molecular weight is 356 g/mol. The summed E-state index contributed by atoms with van der Waals surface area (Å²) in [5, 5.41) is 6.32. The number of hydrogen-bond acceptors (Lipinski definition) is 3. The summed E-state index contributed by atoms with van der Waals surface area (Å²) in [7, 11) is 0. The Kier molecular flexibility index (Phi) is 3.99. The molecule has 2 heterocycles. The van der Waals surface area contributed by atoms with E-state index < -0.39 is 0 Å². The first kappa shape index (κ1) is 15.6. The molecule has 0 saturated heterocycles. The quantitative estimate of drug-likeness (QED) is 0.631. The summed E-state index contributed by atoms with van der Waals surface area (Å²) < 4.78 is 6.41. The van der Waals surface area contributed by atoms with Crippen molar-refractivity contribution in [1.82, 2.24) is 0 Å². The minimum atomic E-state index is -0.283. The highest BCUT2D eigenvalue weighted by molar-refractivity contribution is 7.13. The van der Waals surface area contributed by atoms with Crippen LogP contribution < -0.4 is 10.1 Å². The van der Waals surface area contributed by atoms with Gasteiger partial charge in [0, 0.05) is 33.1 Å². The predicted octanol–water partition coefficient (Wildman–Crippen LogP) is 5.87. The first-order valence-electron chi connectivity index (χ1n) is 7.97. The van der Waals surface area contributed by atoms with E-state index in [4.69, 9.17) is 16.3 Å². The van der Waals surface area contributed by atoms with Gasteiger partial charge < -0.3 is 10.1 Å². The normalized spacial score (nSPS) is 18.9. The summed E-state index contributed by atoms with van der Waals surface area (Å²) >= 11 is 8.05. The molecule has 4 rings (SSSR count). The molecule has 1 N–H and O–H groups in total. The zero-order valence-electron chi connectivity index (χ0n) is 13.4. The molecule has 1 unspecified atom stereocenters. The van der Waals surface area contributed by atoms with Crippen molar-refractivity contribution in [3.05, 3.63) is 70.6 Å². The molecule has 0 bridgehead atoms. The van der Waals surface area contributed by atoms with E-state index >= 15 is 0 Å². The number of anilines is 1. The summed E-state index contributed by atoms with van der Waals surface area (Å²) in [4.78, 5) is 1.19. The molecule has 4 heteroatoms. The first-order chi connectivity index (χ1) is 11.6. The fraction of sp³-hybridized carbons (Fsp3) is 0.200. The summed E-state index contributed by atoms with van der Waals surface area (Å²) in [5.41, 5.74) is 3.10. The zero-order valence-corrected chi connectivity index (χ0v) is 15.0. The van der Waals surface area contributed by atoms with Gasteiger partial charge in [-0.25, -0.2) is 0 Å². The third kappa shape index (κ3) is 3.02. The van der Waals surface area contributed by atoms with Crippen LogP contribution in [-0.4, -0.2) is 12.1 Å². The number of halogens is 1. The van der Waals surface area contributed by atoms with E-state index in [1.807, 2.05) is 30.3 Å². The van der Waals surface area contributed by atoms with E-state index in [0.29, 0.717) is 0 Å². The predicted molar refractivity (Wildman–Crippen MR) is 102 cm³/mol. The SMILES string of the molecule is CC1(CNc2ccccc2)Cc2cc(Cl)cc(-c3cccs3)c2O1. The van der Waals surface area contributed by atoms with Crippen LogP contribution in [0.4, 0.5) is 5.69 Å². The van der Waals surface area contributed by atoms with E-state index in [2.05, 4.69) is 41.9 Å². The molecule has 122 valence electrons. The van der Waals surface area contributed by atoms with Crippen LogP contribution in [0.3, 0.4) is 0 Å². The minimum Gasteiger partial charge on any atom is -0.484 e. The molecule has 1 atom stereocenters. The van der Waals surface area contributed by atoms with Crippen molar-refractivity contribution >= 4 is 28.6 Å². The van der Waals surface area contributed by atoms with Crippen molar-refractivity contribution in [2.24, 2.45) is 0 Å². The average Bonchev–Trinajstić information content (AvgIpc) is 3.21. The van der Waals surface area contributed by atoms with Crippen LogP contribution in [0.2, 0.25) is 5.02 Å². The minimum absolute atomic E-state index is 0.283. The number of ether oxygens (including phenoxy) is 1. The second-order valence-corrected chi connectivity index (χ2v) is 7.75. The van der Waals surface area contributed by atoms with Gasteiger partial charge in [-0.15, -0.1) is 11.3 Å². The Bertz CT molecular complexity index is 848. The number of nitrogens with one attached hydrogen (secondary N) is 1. The van der Waals surface area contributed by atoms with Gasteiger partial charge in [-0.3, -0.25) is 0 Å². The monoisotopic (exact) mass is 355 g/mol. The van der Waals surface area contributed by atoms with Gasteiger partial charge >= 0.3 is 0 Å². The molecule has 0 spiro atoms. The van der Waals surface area contributed by atoms with Gasteiger partial charge in [-0.1, -0.05) is 35.9 Å². The molecular formula is C20H18ClNOS. The standard InChI is InChI=1S/C20H18ClNOS/c1-20(13-22-16-6-3-2-4-7-16)12-14-10-15(21)11-17(19(14)23-20)18-8-5-9-24-18/h2-11,22H,12-13H2,1H3. The van der Waals surface area contributed by atoms with Crippen molar-refractivity contribution < 1.29 is 4.74 Å². The molecule has 0 amide bonds. The van der Waals surface area contributed by atoms with Crippen LogP contribution in [0.5, 0.6) is 5.75 Å². The topological polar surface area (TPSA) is 21.3 Å². The molecule has 0 aliphatic carbocycles. The fourth-order valence-corrected chi connectivity index (χ4v) is 4.13. The molecule has 1 aromatic heterocycles. The molecule has 2 aromatic carbocycles. The van der Waals surface area contributed by atoms with E-state index in [1.165, 1.54) is 10.4 Å². The van der Waals surface area contributed by atoms with E-state index in [1.54, 1.807) is 11.3 Å². The highest BCUT2D eigenvalue weighted by Gasteiger charge is 2.36. The lowest BCUT2D eigenvalue weighted by Gasteiger charge is -2.25. The van der Waals surface area contributed by atoms with Gasteiger partial charge in [0.1, 0.15) is 11.4 Å². The Morgan fingerprint density at radius 1 is 1.17 bits per heavy atom. The van der Waals surface area contributed by atoms with Gasteiger partial charge in [0.2, 0.25) is 0 Å². The van der Waals surface area contributed by atoms with Gasteiger partial charge in [0.05, 0.1) is 6.54 Å². The first-order valence-corrected chi connectivity index (χ1v) is 9.23. The molecule has 3 aromatic rings. The van der Waals surface area contributed by atoms with Crippen LogP contribution in [0.15, 0.2) is 60.0 Å². The van der Waals surface area contributed by atoms with Crippen LogP contribution in [-0.2, 0) is 6.42 Å². The number of hydrogen-bond donors (Lipinski definition) is 1. The molecule has 0 radical (unpaired) electrons. The maximum Gasteiger partial charge on any atom is 0.132 e. The maximum absolute atomic E-state index is 6.41. The highest BCUT2D eigenvalue weighted by Crippen LogP contribution is 2.45. The molecule has 2 nitrogen and oxygen atoms in total. The highest BCUT2D eigenvalue weighted by atomic mass is 35.5. The van der Waals surface area contributed by atoms with Crippen LogP contribution in [0.25, 0.3) is 10.4 Å². The molecule has 24 heavy (non-hydrogen) atoms. The Morgan fingerprint density at radius 2 is 2.00 bits per heavy atom. The second kappa shape index (κ2) is 6.15.